The predicted octanol–water partition coefficient (Wildman–Crippen LogP) is 0.356. The van der Waals surface area contributed by atoms with Crippen LogP contribution in [0, 0.1) is 6.92 Å². The van der Waals surface area contributed by atoms with Gasteiger partial charge in [0.15, 0.2) is 5.65 Å². The van der Waals surface area contributed by atoms with E-state index >= 15 is 0 Å². The largest absolute Gasteiger partial charge is 0.430 e. The highest BCUT2D eigenvalue weighted by Gasteiger charge is 2.16. The maximum Gasteiger partial charge on any atom is 0.335 e. The number of aryl methyl sites for hydroxylation is 2. The minimum Gasteiger partial charge on any atom is -0.430 e. The van der Waals surface area contributed by atoms with Crippen LogP contribution in [0.5, 0.6) is 0 Å². The number of hydrogen-bond acceptors (Lipinski definition) is 7. The third-order valence-corrected chi connectivity index (χ3v) is 3.83. The minimum atomic E-state index is -0.557. The second-order valence-electron chi connectivity index (χ2n) is 5.78. The zero-order valence-electron chi connectivity index (χ0n) is 14.3. The maximum atomic E-state index is 12.4. The first-order valence-corrected chi connectivity index (χ1v) is 7.81. The van der Waals surface area contributed by atoms with Gasteiger partial charge in [0.1, 0.15) is 17.5 Å². The number of carbonyl (C=O) groups excluding carboxylic acids is 1. The molecule has 136 valence electrons. The normalized spacial score (nSPS) is 11.0. The van der Waals surface area contributed by atoms with Crippen LogP contribution in [-0.4, -0.2) is 35.4 Å². The first-order chi connectivity index (χ1) is 12.9. The van der Waals surface area contributed by atoms with Crippen molar-refractivity contribution in [1.82, 2.24) is 29.5 Å². The van der Waals surface area contributed by atoms with E-state index in [-0.39, 0.29) is 22.9 Å². The van der Waals surface area contributed by atoms with E-state index in [9.17, 15) is 14.4 Å². The van der Waals surface area contributed by atoms with Crippen molar-refractivity contribution in [2.45, 2.75) is 6.92 Å². The Balaban J connectivity index is 1.76. The molecule has 0 fully saturated rings. The first-order valence-electron chi connectivity index (χ1n) is 7.81. The predicted molar refractivity (Wildman–Crippen MR) is 93.9 cm³/mol. The molecule has 4 aromatic rings. The second kappa shape index (κ2) is 6.05. The van der Waals surface area contributed by atoms with Crippen LogP contribution >= 0.6 is 0 Å². The van der Waals surface area contributed by atoms with Crippen LogP contribution in [0.4, 0.5) is 5.82 Å². The lowest BCUT2D eigenvalue weighted by Gasteiger charge is -2.08. The van der Waals surface area contributed by atoms with Gasteiger partial charge >= 0.3 is 5.63 Å². The Hall–Kier alpha value is -4.02. The minimum absolute atomic E-state index is 0.124. The molecule has 0 unspecified atom stereocenters. The fraction of sp³-hybridized carbons (Fsp3) is 0.125. The van der Waals surface area contributed by atoms with E-state index in [4.69, 9.17) is 4.42 Å². The van der Waals surface area contributed by atoms with Gasteiger partial charge in [-0.25, -0.2) is 4.79 Å². The van der Waals surface area contributed by atoms with Crippen LogP contribution in [0.15, 0.2) is 44.7 Å². The van der Waals surface area contributed by atoms with Gasteiger partial charge in [-0.05, 0) is 13.0 Å². The van der Waals surface area contributed by atoms with Crippen LogP contribution in [0.3, 0.4) is 0 Å². The third kappa shape index (κ3) is 2.90. The van der Waals surface area contributed by atoms with Crippen LogP contribution < -0.4 is 16.5 Å². The van der Waals surface area contributed by atoms with Gasteiger partial charge in [-0.1, -0.05) is 0 Å². The van der Waals surface area contributed by atoms with Crippen molar-refractivity contribution < 1.29 is 9.21 Å². The highest BCUT2D eigenvalue weighted by molar-refractivity contribution is 6.03. The molecule has 0 aliphatic rings. The molecule has 4 rings (SSSR count). The molecule has 0 saturated carbocycles. The quantitative estimate of drug-likeness (QED) is 0.532. The number of rotatable bonds is 3. The van der Waals surface area contributed by atoms with Crippen molar-refractivity contribution in [3.05, 3.63) is 62.7 Å². The fourth-order valence-electron chi connectivity index (χ4n) is 2.55. The standard InChI is InChI=1S/C16H13N7O4/c1-8-5-11(18-14(25)9-3-4-12(24)27-7-9)23(21-8)16-19-13-10(15(26)20-16)6-17-22(13)2/h3-7H,1-2H3,(H,18,25)(H,19,20,26). The second-order valence-corrected chi connectivity index (χ2v) is 5.78. The van der Waals surface area contributed by atoms with E-state index in [1.165, 1.54) is 21.6 Å². The van der Waals surface area contributed by atoms with Crippen LogP contribution in [0.1, 0.15) is 16.1 Å². The molecule has 4 heterocycles. The summed E-state index contributed by atoms with van der Waals surface area (Å²) in [7, 11) is 1.67. The molecule has 2 N–H and O–H groups in total. The molecule has 0 aliphatic carbocycles. The molecule has 0 atom stereocenters. The Kier molecular flexibility index (Phi) is 3.69. The molecule has 1 amide bonds. The van der Waals surface area contributed by atoms with Crippen molar-refractivity contribution in [3.8, 4) is 5.95 Å². The Morgan fingerprint density at radius 1 is 1.30 bits per heavy atom. The summed E-state index contributed by atoms with van der Waals surface area (Å²) in [5.41, 5.74) is 0.197. The highest BCUT2D eigenvalue weighted by atomic mass is 16.4. The van der Waals surface area contributed by atoms with Gasteiger partial charge in [-0.3, -0.25) is 19.3 Å². The summed E-state index contributed by atoms with van der Waals surface area (Å²) < 4.78 is 7.47. The Morgan fingerprint density at radius 3 is 2.85 bits per heavy atom. The summed E-state index contributed by atoms with van der Waals surface area (Å²) in [6.07, 6.45) is 2.48. The molecule has 0 saturated heterocycles. The average Bonchev–Trinajstić information content (AvgIpc) is 3.18. The highest BCUT2D eigenvalue weighted by Crippen LogP contribution is 2.16. The lowest BCUT2D eigenvalue weighted by molar-refractivity contribution is 0.102. The Labute approximate surface area is 150 Å². The van der Waals surface area contributed by atoms with Gasteiger partial charge in [0, 0.05) is 19.2 Å². The molecular formula is C16H13N7O4. The molecule has 0 radical (unpaired) electrons. The maximum absolute atomic E-state index is 12.4. The number of anilines is 1. The van der Waals surface area contributed by atoms with Crippen molar-refractivity contribution in [1.29, 1.82) is 0 Å². The molecular weight excluding hydrogens is 354 g/mol. The van der Waals surface area contributed by atoms with E-state index in [1.807, 2.05) is 0 Å². The number of carbonyl (C=O) groups is 1. The van der Waals surface area contributed by atoms with Crippen molar-refractivity contribution in [2.24, 2.45) is 7.05 Å². The molecule has 27 heavy (non-hydrogen) atoms. The SMILES string of the molecule is Cc1cc(NC(=O)c2ccc(=O)oc2)n(-c2nc3c(cnn3C)c(=O)[nH]2)n1. The van der Waals surface area contributed by atoms with Gasteiger partial charge in [-0.15, -0.1) is 0 Å². The number of nitrogens with one attached hydrogen (secondary N) is 2. The molecule has 0 aliphatic heterocycles. The van der Waals surface area contributed by atoms with E-state index in [0.717, 1.165) is 12.3 Å². The Bertz CT molecular complexity index is 1270. The number of nitrogens with zero attached hydrogens (tertiary/aromatic N) is 5. The molecule has 11 heteroatoms. The summed E-state index contributed by atoms with van der Waals surface area (Å²) in [5.74, 6) is -0.101. The van der Waals surface area contributed by atoms with Gasteiger partial charge in [0.05, 0.1) is 17.5 Å². The van der Waals surface area contributed by atoms with Gasteiger partial charge in [0.2, 0.25) is 5.95 Å². The molecule has 0 bridgehead atoms. The van der Waals surface area contributed by atoms with E-state index < -0.39 is 11.5 Å². The third-order valence-electron chi connectivity index (χ3n) is 3.83. The summed E-state index contributed by atoms with van der Waals surface area (Å²) in [6.45, 7) is 1.73. The lowest BCUT2D eigenvalue weighted by atomic mass is 10.3. The van der Waals surface area contributed by atoms with Gasteiger partial charge < -0.3 is 9.73 Å². The molecule has 4 aromatic heterocycles. The van der Waals surface area contributed by atoms with Crippen LogP contribution in [0.25, 0.3) is 17.0 Å². The number of hydrogen-bond donors (Lipinski definition) is 2. The number of aromatic amines is 1. The van der Waals surface area contributed by atoms with Crippen LogP contribution in [0.2, 0.25) is 0 Å². The monoisotopic (exact) mass is 367 g/mol. The number of fused-ring (bicyclic) bond motifs is 1. The first kappa shape index (κ1) is 16.4. The lowest BCUT2D eigenvalue weighted by Crippen LogP contribution is -2.19. The Morgan fingerprint density at radius 2 is 2.11 bits per heavy atom. The summed E-state index contributed by atoms with van der Waals surface area (Å²) >= 11 is 0. The topological polar surface area (TPSA) is 141 Å². The van der Waals surface area contributed by atoms with E-state index in [1.54, 1.807) is 20.0 Å². The average molecular weight is 367 g/mol. The molecule has 0 aromatic carbocycles. The zero-order valence-corrected chi connectivity index (χ0v) is 14.3. The zero-order chi connectivity index (χ0) is 19.1. The molecule has 11 nitrogen and oxygen atoms in total. The van der Waals surface area contributed by atoms with Gasteiger partial charge in [0.25, 0.3) is 11.5 Å². The number of H-pyrrole nitrogens is 1. The van der Waals surface area contributed by atoms with Crippen LogP contribution in [-0.2, 0) is 7.05 Å². The molecule has 0 spiro atoms. The van der Waals surface area contributed by atoms with Crippen molar-refractivity contribution in [3.63, 3.8) is 0 Å². The number of aromatic nitrogens is 6. The van der Waals surface area contributed by atoms with Crippen molar-refractivity contribution >= 4 is 22.8 Å². The summed E-state index contributed by atoms with van der Waals surface area (Å²) in [6, 6.07) is 4.10. The fourth-order valence-corrected chi connectivity index (χ4v) is 2.55. The smallest absolute Gasteiger partial charge is 0.335 e. The van der Waals surface area contributed by atoms with Gasteiger partial charge in [-0.2, -0.15) is 19.9 Å². The number of amides is 1. The summed E-state index contributed by atoms with van der Waals surface area (Å²) in [5, 5.41) is 11.3. The van der Waals surface area contributed by atoms with E-state index in [2.05, 4.69) is 25.5 Å². The summed E-state index contributed by atoms with van der Waals surface area (Å²) in [4.78, 5) is 42.7. The van der Waals surface area contributed by atoms with Crippen molar-refractivity contribution in [2.75, 3.05) is 5.32 Å². The van der Waals surface area contributed by atoms with E-state index in [0.29, 0.717) is 16.7 Å².